The average Bonchev–Trinajstić information content (AvgIpc) is 2.26. The number of carbonyl (C=O) groups excluding carboxylic acids is 1. The monoisotopic (exact) mass is 215 g/mol. The molecule has 2 nitrogen and oxygen atoms in total. The van der Waals surface area contributed by atoms with Crippen LogP contribution in [0.5, 0.6) is 0 Å². The maximum atomic E-state index is 11.8. The Balaban J connectivity index is 1.93. The Morgan fingerprint density at radius 1 is 1.44 bits per heavy atom. The quantitative estimate of drug-likeness (QED) is 0.758. The molecule has 0 aliphatic carbocycles. The average molecular weight is 215 g/mol. The Hall–Kier alpha value is -1.57. The van der Waals surface area contributed by atoms with Crippen LogP contribution < -0.4 is 0 Å². The molecule has 0 spiro atoms. The molecular formula is C14H17NO. The second-order valence-corrected chi connectivity index (χ2v) is 4.53. The Labute approximate surface area is 96.6 Å². The second kappa shape index (κ2) is 4.52. The SMILES string of the molecule is C=Cc1ccc(CC(=O)N2CC(C)C2)cc1. The van der Waals surface area contributed by atoms with E-state index in [-0.39, 0.29) is 5.91 Å². The van der Waals surface area contributed by atoms with E-state index < -0.39 is 0 Å². The Morgan fingerprint density at radius 2 is 2.06 bits per heavy atom. The minimum Gasteiger partial charge on any atom is -0.342 e. The lowest BCUT2D eigenvalue weighted by molar-refractivity contribution is -0.136. The minimum atomic E-state index is 0.240. The van der Waals surface area contributed by atoms with Crippen LogP contribution in [0.2, 0.25) is 0 Å². The largest absolute Gasteiger partial charge is 0.342 e. The molecule has 1 fully saturated rings. The number of rotatable bonds is 3. The van der Waals surface area contributed by atoms with Gasteiger partial charge < -0.3 is 4.90 Å². The van der Waals surface area contributed by atoms with E-state index in [2.05, 4.69) is 13.5 Å². The molecule has 0 N–H and O–H groups in total. The van der Waals surface area contributed by atoms with Crippen LogP contribution in [0.3, 0.4) is 0 Å². The highest BCUT2D eigenvalue weighted by Crippen LogP contribution is 2.16. The van der Waals surface area contributed by atoms with Crippen molar-refractivity contribution in [2.45, 2.75) is 13.3 Å². The molecule has 1 aliphatic heterocycles. The third-order valence-electron chi connectivity index (χ3n) is 2.99. The predicted molar refractivity (Wildman–Crippen MR) is 66.0 cm³/mol. The van der Waals surface area contributed by atoms with Crippen LogP contribution in [-0.2, 0) is 11.2 Å². The van der Waals surface area contributed by atoms with E-state index in [0.717, 1.165) is 24.2 Å². The number of nitrogens with zero attached hydrogens (tertiary/aromatic N) is 1. The van der Waals surface area contributed by atoms with Gasteiger partial charge in [-0.3, -0.25) is 4.79 Å². The van der Waals surface area contributed by atoms with Crippen molar-refractivity contribution in [2.24, 2.45) is 5.92 Å². The third-order valence-corrected chi connectivity index (χ3v) is 2.99. The van der Waals surface area contributed by atoms with Crippen molar-refractivity contribution in [2.75, 3.05) is 13.1 Å². The molecule has 0 unspecified atom stereocenters. The summed E-state index contributed by atoms with van der Waals surface area (Å²) in [6, 6.07) is 7.99. The maximum Gasteiger partial charge on any atom is 0.227 e. The highest BCUT2D eigenvalue weighted by molar-refractivity contribution is 5.79. The van der Waals surface area contributed by atoms with Crippen LogP contribution in [0, 0.1) is 5.92 Å². The van der Waals surface area contributed by atoms with Crippen molar-refractivity contribution in [3.05, 3.63) is 42.0 Å². The fraction of sp³-hybridized carbons (Fsp3) is 0.357. The summed E-state index contributed by atoms with van der Waals surface area (Å²) in [6.45, 7) is 7.72. The Morgan fingerprint density at radius 3 is 2.56 bits per heavy atom. The molecule has 0 bridgehead atoms. The van der Waals surface area contributed by atoms with Gasteiger partial charge in [-0.25, -0.2) is 0 Å². The summed E-state index contributed by atoms with van der Waals surface area (Å²) in [7, 11) is 0. The molecule has 1 heterocycles. The molecule has 2 rings (SSSR count). The number of likely N-dealkylation sites (tertiary alicyclic amines) is 1. The van der Waals surface area contributed by atoms with Crippen LogP contribution in [0.1, 0.15) is 18.1 Å². The van der Waals surface area contributed by atoms with E-state index >= 15 is 0 Å². The lowest BCUT2D eigenvalue weighted by Gasteiger charge is -2.37. The number of hydrogen-bond donors (Lipinski definition) is 0. The van der Waals surface area contributed by atoms with Gasteiger partial charge in [0.1, 0.15) is 0 Å². The smallest absolute Gasteiger partial charge is 0.227 e. The summed E-state index contributed by atoms with van der Waals surface area (Å²) in [5.41, 5.74) is 2.17. The molecule has 1 aliphatic rings. The molecular weight excluding hydrogens is 198 g/mol. The molecule has 0 radical (unpaired) electrons. The van der Waals surface area contributed by atoms with Gasteiger partial charge in [-0.1, -0.05) is 43.8 Å². The first-order valence-corrected chi connectivity index (χ1v) is 5.68. The third kappa shape index (κ3) is 2.32. The van der Waals surface area contributed by atoms with Crippen molar-refractivity contribution < 1.29 is 4.79 Å². The van der Waals surface area contributed by atoms with Crippen molar-refractivity contribution in [1.29, 1.82) is 0 Å². The molecule has 1 amide bonds. The molecule has 1 saturated heterocycles. The topological polar surface area (TPSA) is 20.3 Å². The number of carbonyl (C=O) groups is 1. The van der Waals surface area contributed by atoms with Crippen LogP contribution >= 0.6 is 0 Å². The van der Waals surface area contributed by atoms with Crippen molar-refractivity contribution in [3.63, 3.8) is 0 Å². The summed E-state index contributed by atoms with van der Waals surface area (Å²) < 4.78 is 0. The lowest BCUT2D eigenvalue weighted by Crippen LogP contribution is -2.49. The van der Waals surface area contributed by atoms with Crippen molar-refractivity contribution >= 4 is 12.0 Å². The zero-order valence-electron chi connectivity index (χ0n) is 9.65. The van der Waals surface area contributed by atoms with Crippen LogP contribution in [0.25, 0.3) is 6.08 Å². The summed E-state index contributed by atoms with van der Waals surface area (Å²) >= 11 is 0. The summed E-state index contributed by atoms with van der Waals surface area (Å²) in [5, 5.41) is 0. The molecule has 2 heteroatoms. The molecule has 1 aromatic carbocycles. The Kier molecular flexibility index (Phi) is 3.09. The van der Waals surface area contributed by atoms with E-state index in [1.807, 2.05) is 35.2 Å². The zero-order chi connectivity index (χ0) is 11.5. The molecule has 84 valence electrons. The van der Waals surface area contributed by atoms with Gasteiger partial charge in [0.2, 0.25) is 5.91 Å². The van der Waals surface area contributed by atoms with Gasteiger partial charge in [0.15, 0.2) is 0 Å². The maximum absolute atomic E-state index is 11.8. The molecule has 0 atom stereocenters. The molecule has 1 aromatic rings. The van der Waals surface area contributed by atoms with Crippen molar-refractivity contribution in [1.82, 2.24) is 4.90 Å². The van der Waals surface area contributed by atoms with Gasteiger partial charge in [-0.15, -0.1) is 0 Å². The highest BCUT2D eigenvalue weighted by atomic mass is 16.2. The van der Waals surface area contributed by atoms with Gasteiger partial charge in [-0.2, -0.15) is 0 Å². The van der Waals surface area contributed by atoms with Gasteiger partial charge >= 0.3 is 0 Å². The minimum absolute atomic E-state index is 0.240. The van der Waals surface area contributed by atoms with Crippen molar-refractivity contribution in [3.8, 4) is 0 Å². The molecule has 0 saturated carbocycles. The zero-order valence-corrected chi connectivity index (χ0v) is 9.65. The lowest BCUT2D eigenvalue weighted by atomic mass is 10.0. The van der Waals surface area contributed by atoms with Crippen LogP contribution in [0.15, 0.2) is 30.8 Å². The van der Waals surface area contributed by atoms with Gasteiger partial charge in [0, 0.05) is 13.1 Å². The second-order valence-electron chi connectivity index (χ2n) is 4.53. The highest BCUT2D eigenvalue weighted by Gasteiger charge is 2.26. The summed E-state index contributed by atoms with van der Waals surface area (Å²) in [5.74, 6) is 0.913. The van der Waals surface area contributed by atoms with E-state index in [1.54, 1.807) is 0 Å². The first-order valence-electron chi connectivity index (χ1n) is 5.68. The number of hydrogen-bond acceptors (Lipinski definition) is 1. The van der Waals surface area contributed by atoms with Crippen LogP contribution in [0.4, 0.5) is 0 Å². The molecule has 0 aromatic heterocycles. The summed E-state index contributed by atoms with van der Waals surface area (Å²) in [4.78, 5) is 13.7. The van der Waals surface area contributed by atoms with E-state index in [4.69, 9.17) is 0 Å². The van der Waals surface area contributed by atoms with E-state index in [0.29, 0.717) is 12.3 Å². The number of benzene rings is 1. The fourth-order valence-corrected chi connectivity index (χ4v) is 1.96. The normalized spacial score (nSPS) is 15.7. The van der Waals surface area contributed by atoms with Gasteiger partial charge in [0.25, 0.3) is 0 Å². The van der Waals surface area contributed by atoms with E-state index in [1.165, 1.54) is 0 Å². The first kappa shape index (κ1) is 10.9. The van der Waals surface area contributed by atoms with Gasteiger partial charge in [-0.05, 0) is 17.0 Å². The number of amides is 1. The fourth-order valence-electron chi connectivity index (χ4n) is 1.96. The standard InChI is InChI=1S/C14H17NO/c1-3-12-4-6-13(7-5-12)8-14(16)15-9-11(2)10-15/h3-7,11H,1,8-10H2,2H3. The Bertz CT molecular complexity index is 388. The van der Waals surface area contributed by atoms with Gasteiger partial charge in [0.05, 0.1) is 6.42 Å². The first-order chi connectivity index (χ1) is 7.69. The molecule has 16 heavy (non-hydrogen) atoms. The van der Waals surface area contributed by atoms with Crippen LogP contribution in [-0.4, -0.2) is 23.9 Å². The van der Waals surface area contributed by atoms with E-state index in [9.17, 15) is 4.79 Å². The predicted octanol–water partition coefficient (Wildman–Crippen LogP) is 2.35. The summed E-state index contributed by atoms with van der Waals surface area (Å²) in [6.07, 6.45) is 2.33.